The lowest BCUT2D eigenvalue weighted by atomic mass is 9.91. The molecule has 0 aromatic carbocycles. The average Bonchev–Trinajstić information content (AvgIpc) is 2.60. The fourth-order valence-corrected chi connectivity index (χ4v) is 2.89. The summed E-state index contributed by atoms with van der Waals surface area (Å²) in [6.07, 6.45) is 8.20. The first-order valence-corrected chi connectivity index (χ1v) is 8.09. The van der Waals surface area contributed by atoms with E-state index in [9.17, 15) is 9.18 Å². The van der Waals surface area contributed by atoms with Crippen molar-refractivity contribution in [2.24, 2.45) is 11.5 Å². The second kappa shape index (κ2) is 7.39. The number of aromatic nitrogens is 3. The monoisotopic (exact) mass is 345 g/mol. The van der Waals surface area contributed by atoms with Crippen molar-refractivity contribution in [3.05, 3.63) is 36.2 Å². The number of nitrogens with one attached hydrogen (secondary N) is 2. The van der Waals surface area contributed by atoms with Crippen LogP contribution >= 0.6 is 0 Å². The summed E-state index contributed by atoms with van der Waals surface area (Å²) >= 11 is 0. The van der Waals surface area contributed by atoms with Gasteiger partial charge in [-0.2, -0.15) is 0 Å². The Morgan fingerprint density at radius 2 is 1.92 bits per heavy atom. The van der Waals surface area contributed by atoms with Crippen molar-refractivity contribution >= 4 is 23.2 Å². The van der Waals surface area contributed by atoms with Crippen molar-refractivity contribution in [1.29, 1.82) is 0 Å². The first-order valence-electron chi connectivity index (χ1n) is 8.09. The summed E-state index contributed by atoms with van der Waals surface area (Å²) in [5.74, 6) is -1.27. The normalized spacial score (nSPS) is 20.1. The number of amides is 1. The molecule has 1 aliphatic carbocycles. The minimum atomic E-state index is -0.785. The molecule has 3 rings (SSSR count). The summed E-state index contributed by atoms with van der Waals surface area (Å²) in [7, 11) is 0. The van der Waals surface area contributed by atoms with E-state index >= 15 is 0 Å². The van der Waals surface area contributed by atoms with Crippen LogP contribution in [-0.2, 0) is 0 Å². The van der Waals surface area contributed by atoms with Crippen LogP contribution in [0.5, 0.6) is 0 Å². The average molecular weight is 345 g/mol. The van der Waals surface area contributed by atoms with Gasteiger partial charge in [-0.1, -0.05) is 12.8 Å². The Morgan fingerprint density at radius 3 is 2.60 bits per heavy atom. The maximum absolute atomic E-state index is 14.4. The standard InChI is InChI=1S/C16H20FN7O/c17-11-5-10(14(19)25)15(22-9-6-20-8-21-7-9)24-16(11)23-13-4-2-1-3-12(13)18/h5-8,12-13H,1-4,18H2,(H2,19,25)(H2,22,23,24)/t12-,13+/m0/s1. The number of primary amides is 1. The van der Waals surface area contributed by atoms with Gasteiger partial charge >= 0.3 is 0 Å². The van der Waals surface area contributed by atoms with Crippen LogP contribution in [0.1, 0.15) is 36.0 Å². The van der Waals surface area contributed by atoms with Crippen LogP contribution in [0, 0.1) is 5.82 Å². The number of halogens is 1. The van der Waals surface area contributed by atoms with Crippen LogP contribution in [-0.4, -0.2) is 32.9 Å². The van der Waals surface area contributed by atoms with Crippen LogP contribution in [0.15, 0.2) is 24.8 Å². The molecule has 9 heteroatoms. The minimum absolute atomic E-state index is 0.0340. The number of anilines is 3. The third-order valence-corrected chi connectivity index (χ3v) is 4.21. The molecule has 0 radical (unpaired) electrons. The van der Waals surface area contributed by atoms with Crippen LogP contribution < -0.4 is 22.1 Å². The van der Waals surface area contributed by atoms with Crippen molar-refractivity contribution < 1.29 is 9.18 Å². The molecule has 1 fully saturated rings. The van der Waals surface area contributed by atoms with E-state index in [4.69, 9.17) is 11.5 Å². The number of carbonyl (C=O) groups is 1. The largest absolute Gasteiger partial charge is 0.365 e. The molecule has 2 heterocycles. The lowest BCUT2D eigenvalue weighted by molar-refractivity contribution is 0.100. The van der Waals surface area contributed by atoms with Crippen LogP contribution in [0.3, 0.4) is 0 Å². The van der Waals surface area contributed by atoms with Crippen molar-refractivity contribution in [3.63, 3.8) is 0 Å². The Labute approximate surface area is 144 Å². The second-order valence-corrected chi connectivity index (χ2v) is 6.03. The van der Waals surface area contributed by atoms with E-state index in [-0.39, 0.29) is 29.3 Å². The number of carbonyl (C=O) groups excluding carboxylic acids is 1. The smallest absolute Gasteiger partial charge is 0.252 e. The van der Waals surface area contributed by atoms with Gasteiger partial charge in [0.2, 0.25) is 0 Å². The number of hydrogen-bond donors (Lipinski definition) is 4. The molecule has 1 saturated carbocycles. The van der Waals surface area contributed by atoms with Gasteiger partial charge in [0.05, 0.1) is 23.6 Å². The molecule has 0 bridgehead atoms. The quantitative estimate of drug-likeness (QED) is 0.646. The SMILES string of the molecule is NC(=O)c1cc(F)c(N[C@@H]2CCCC[C@@H]2N)nc1Nc1cncnc1. The predicted octanol–water partition coefficient (Wildman–Crippen LogP) is 1.53. The van der Waals surface area contributed by atoms with Gasteiger partial charge in [0.15, 0.2) is 11.6 Å². The molecule has 6 N–H and O–H groups in total. The first-order chi connectivity index (χ1) is 12.0. The van der Waals surface area contributed by atoms with E-state index in [2.05, 4.69) is 25.6 Å². The summed E-state index contributed by atoms with van der Waals surface area (Å²) in [6.45, 7) is 0. The summed E-state index contributed by atoms with van der Waals surface area (Å²) in [6, 6.07) is 0.936. The molecule has 1 amide bonds. The van der Waals surface area contributed by atoms with E-state index in [1.54, 1.807) is 0 Å². The number of nitrogens with two attached hydrogens (primary N) is 2. The topological polar surface area (TPSA) is 132 Å². The van der Waals surface area contributed by atoms with Crippen molar-refractivity contribution in [1.82, 2.24) is 15.0 Å². The number of nitrogens with zero attached hydrogens (tertiary/aromatic N) is 3. The third kappa shape index (κ3) is 4.00. The number of hydrogen-bond acceptors (Lipinski definition) is 7. The number of pyridine rings is 1. The highest BCUT2D eigenvalue weighted by atomic mass is 19.1. The Morgan fingerprint density at radius 1 is 1.20 bits per heavy atom. The molecule has 1 aliphatic rings. The zero-order chi connectivity index (χ0) is 17.8. The molecular formula is C16H20FN7O. The van der Waals surface area contributed by atoms with E-state index in [1.165, 1.54) is 18.7 Å². The van der Waals surface area contributed by atoms with Gasteiger partial charge in [0.1, 0.15) is 12.1 Å². The summed E-state index contributed by atoms with van der Waals surface area (Å²) < 4.78 is 14.4. The maximum atomic E-state index is 14.4. The zero-order valence-electron chi connectivity index (χ0n) is 13.6. The van der Waals surface area contributed by atoms with E-state index in [0.717, 1.165) is 31.7 Å². The Hall–Kier alpha value is -2.81. The second-order valence-electron chi connectivity index (χ2n) is 6.03. The molecule has 25 heavy (non-hydrogen) atoms. The van der Waals surface area contributed by atoms with E-state index < -0.39 is 11.7 Å². The third-order valence-electron chi connectivity index (χ3n) is 4.21. The zero-order valence-corrected chi connectivity index (χ0v) is 13.6. The molecule has 2 aromatic rings. The first kappa shape index (κ1) is 17.0. The summed E-state index contributed by atoms with van der Waals surface area (Å²) in [4.78, 5) is 23.6. The van der Waals surface area contributed by atoms with Gasteiger partial charge in [-0.25, -0.2) is 19.3 Å². The molecule has 0 aliphatic heterocycles. The Kier molecular flexibility index (Phi) is 5.03. The highest BCUT2D eigenvalue weighted by Crippen LogP contribution is 2.26. The van der Waals surface area contributed by atoms with Crippen molar-refractivity contribution in [2.75, 3.05) is 10.6 Å². The van der Waals surface area contributed by atoms with Gasteiger partial charge < -0.3 is 22.1 Å². The molecule has 0 spiro atoms. The maximum Gasteiger partial charge on any atom is 0.252 e. The lowest BCUT2D eigenvalue weighted by Gasteiger charge is -2.30. The van der Waals surface area contributed by atoms with E-state index in [1.807, 2.05) is 0 Å². The Balaban J connectivity index is 1.91. The molecule has 2 atom stereocenters. The molecule has 0 saturated heterocycles. The lowest BCUT2D eigenvalue weighted by Crippen LogP contribution is -2.43. The van der Waals surface area contributed by atoms with Gasteiger partial charge in [-0.3, -0.25) is 4.79 Å². The highest BCUT2D eigenvalue weighted by molar-refractivity contribution is 5.98. The number of rotatable bonds is 5. The van der Waals surface area contributed by atoms with Crippen molar-refractivity contribution in [2.45, 2.75) is 37.8 Å². The van der Waals surface area contributed by atoms with Crippen LogP contribution in [0.2, 0.25) is 0 Å². The summed E-state index contributed by atoms with van der Waals surface area (Å²) in [5, 5.41) is 5.95. The van der Waals surface area contributed by atoms with Gasteiger partial charge in [-0.15, -0.1) is 0 Å². The molecular weight excluding hydrogens is 325 g/mol. The summed E-state index contributed by atoms with van der Waals surface area (Å²) in [5.41, 5.74) is 11.9. The molecule has 2 aromatic heterocycles. The minimum Gasteiger partial charge on any atom is -0.365 e. The predicted molar refractivity (Wildman–Crippen MR) is 91.9 cm³/mol. The van der Waals surface area contributed by atoms with Crippen molar-refractivity contribution in [3.8, 4) is 0 Å². The molecule has 132 valence electrons. The fourth-order valence-electron chi connectivity index (χ4n) is 2.89. The van der Waals surface area contributed by atoms with Gasteiger partial charge in [0.25, 0.3) is 5.91 Å². The van der Waals surface area contributed by atoms with Gasteiger partial charge in [0, 0.05) is 12.1 Å². The molecule has 8 nitrogen and oxygen atoms in total. The fraction of sp³-hybridized carbons (Fsp3) is 0.375. The van der Waals surface area contributed by atoms with Crippen LogP contribution in [0.4, 0.5) is 21.7 Å². The van der Waals surface area contributed by atoms with Crippen LogP contribution in [0.25, 0.3) is 0 Å². The van der Waals surface area contributed by atoms with E-state index in [0.29, 0.717) is 5.69 Å². The molecule has 0 unspecified atom stereocenters. The van der Waals surface area contributed by atoms with Gasteiger partial charge in [-0.05, 0) is 18.9 Å². The Bertz CT molecular complexity index is 756. The highest BCUT2D eigenvalue weighted by Gasteiger charge is 2.24.